The number of hydrogen-bond donors (Lipinski definition) is 2. The minimum absolute atomic E-state index is 0.0746. The molecule has 1 aromatic carbocycles. The summed E-state index contributed by atoms with van der Waals surface area (Å²) >= 11 is 0. The van der Waals surface area contributed by atoms with Crippen LogP contribution in [0.4, 0.5) is 0 Å². The summed E-state index contributed by atoms with van der Waals surface area (Å²) in [6.07, 6.45) is 2.56. The van der Waals surface area contributed by atoms with E-state index in [1.54, 1.807) is 7.05 Å². The summed E-state index contributed by atoms with van der Waals surface area (Å²) < 4.78 is 2.13. The predicted octanol–water partition coefficient (Wildman–Crippen LogP) is 1.89. The summed E-state index contributed by atoms with van der Waals surface area (Å²) in [5, 5.41) is 7.20. The van der Waals surface area contributed by atoms with Crippen molar-refractivity contribution in [2.24, 2.45) is 0 Å². The van der Waals surface area contributed by atoms with Crippen LogP contribution in [0.25, 0.3) is 10.9 Å². The molecule has 0 fully saturated rings. The Morgan fingerprint density at radius 3 is 2.89 bits per heavy atom. The van der Waals surface area contributed by atoms with E-state index in [-0.39, 0.29) is 5.91 Å². The van der Waals surface area contributed by atoms with Gasteiger partial charge in [0.25, 0.3) is 0 Å². The number of fused-ring (bicyclic) bond motifs is 1. The van der Waals surface area contributed by atoms with Gasteiger partial charge in [-0.05, 0) is 35.7 Å². The Kier molecular flexibility index (Phi) is 4.58. The van der Waals surface area contributed by atoms with Gasteiger partial charge in [-0.2, -0.15) is 0 Å². The molecule has 0 atom stereocenters. The summed E-state index contributed by atoms with van der Waals surface area (Å²) in [5.41, 5.74) is 2.47. The molecular formula is C15H21N3O. The zero-order chi connectivity index (χ0) is 13.7. The van der Waals surface area contributed by atoms with E-state index in [0.29, 0.717) is 6.42 Å². The van der Waals surface area contributed by atoms with E-state index < -0.39 is 0 Å². The van der Waals surface area contributed by atoms with Gasteiger partial charge in [-0.3, -0.25) is 4.79 Å². The maximum absolute atomic E-state index is 11.3. The second-order valence-corrected chi connectivity index (χ2v) is 4.61. The second-order valence-electron chi connectivity index (χ2n) is 4.61. The molecule has 0 spiro atoms. The van der Waals surface area contributed by atoms with Crippen LogP contribution in [0, 0.1) is 0 Å². The van der Waals surface area contributed by atoms with Crippen LogP contribution in [0.3, 0.4) is 0 Å². The van der Waals surface area contributed by atoms with Gasteiger partial charge in [0.15, 0.2) is 0 Å². The fourth-order valence-electron chi connectivity index (χ4n) is 2.17. The number of nitrogens with zero attached hydrogens (tertiary/aromatic N) is 1. The molecule has 0 aliphatic heterocycles. The van der Waals surface area contributed by atoms with Crippen molar-refractivity contribution in [1.29, 1.82) is 0 Å². The summed E-state index contributed by atoms with van der Waals surface area (Å²) in [5.74, 6) is 0.0746. The van der Waals surface area contributed by atoms with Crippen LogP contribution < -0.4 is 10.6 Å². The molecule has 2 rings (SSSR count). The Labute approximate surface area is 113 Å². The van der Waals surface area contributed by atoms with Crippen molar-refractivity contribution in [2.45, 2.75) is 26.4 Å². The molecule has 0 bridgehead atoms. The highest BCUT2D eigenvalue weighted by molar-refractivity contribution is 5.81. The average molecular weight is 259 g/mol. The summed E-state index contributed by atoms with van der Waals surface area (Å²) in [7, 11) is 1.67. The SMILES string of the molecule is CCNCc1ccc2c(ccn2CCC(=O)NC)c1. The van der Waals surface area contributed by atoms with E-state index in [1.165, 1.54) is 16.5 Å². The van der Waals surface area contributed by atoms with Gasteiger partial charge < -0.3 is 15.2 Å². The molecule has 0 saturated carbocycles. The molecule has 1 heterocycles. The fourth-order valence-corrected chi connectivity index (χ4v) is 2.17. The van der Waals surface area contributed by atoms with E-state index in [0.717, 1.165) is 19.6 Å². The molecule has 0 aliphatic carbocycles. The monoisotopic (exact) mass is 259 g/mol. The number of rotatable bonds is 6. The lowest BCUT2D eigenvalue weighted by Crippen LogP contribution is -2.19. The maximum Gasteiger partial charge on any atom is 0.221 e. The van der Waals surface area contributed by atoms with Crippen molar-refractivity contribution in [3.8, 4) is 0 Å². The standard InChI is InChI=1S/C15H21N3O/c1-3-17-11-12-4-5-14-13(10-12)6-8-18(14)9-7-15(19)16-2/h4-6,8,10,17H,3,7,9,11H2,1-2H3,(H,16,19). The molecule has 1 amide bonds. The quantitative estimate of drug-likeness (QED) is 0.832. The maximum atomic E-state index is 11.3. The molecule has 19 heavy (non-hydrogen) atoms. The van der Waals surface area contributed by atoms with Gasteiger partial charge >= 0.3 is 0 Å². The van der Waals surface area contributed by atoms with Gasteiger partial charge in [0.05, 0.1) is 0 Å². The molecular weight excluding hydrogens is 238 g/mol. The van der Waals surface area contributed by atoms with Crippen LogP contribution >= 0.6 is 0 Å². The van der Waals surface area contributed by atoms with E-state index in [2.05, 4.69) is 46.4 Å². The van der Waals surface area contributed by atoms with Crippen LogP contribution in [-0.2, 0) is 17.9 Å². The predicted molar refractivity (Wildman–Crippen MR) is 78.0 cm³/mol. The van der Waals surface area contributed by atoms with Gasteiger partial charge in [0.2, 0.25) is 5.91 Å². The van der Waals surface area contributed by atoms with Gasteiger partial charge in [0, 0.05) is 38.3 Å². The molecule has 1 aromatic heterocycles. The Balaban J connectivity index is 2.12. The molecule has 2 N–H and O–H groups in total. The van der Waals surface area contributed by atoms with Gasteiger partial charge in [-0.25, -0.2) is 0 Å². The number of carbonyl (C=O) groups is 1. The number of amides is 1. The molecule has 4 heteroatoms. The first-order chi connectivity index (χ1) is 9.24. The molecule has 0 radical (unpaired) electrons. The van der Waals surface area contributed by atoms with Gasteiger partial charge in [-0.1, -0.05) is 13.0 Å². The Morgan fingerprint density at radius 2 is 2.16 bits per heavy atom. The number of benzene rings is 1. The number of nitrogens with one attached hydrogen (secondary N) is 2. The van der Waals surface area contributed by atoms with Crippen LogP contribution in [0.5, 0.6) is 0 Å². The van der Waals surface area contributed by atoms with Crippen LogP contribution in [0.15, 0.2) is 30.5 Å². The zero-order valence-corrected chi connectivity index (χ0v) is 11.6. The second kappa shape index (κ2) is 6.38. The van der Waals surface area contributed by atoms with Crippen molar-refractivity contribution in [2.75, 3.05) is 13.6 Å². The van der Waals surface area contributed by atoms with Crippen LogP contribution in [-0.4, -0.2) is 24.1 Å². The van der Waals surface area contributed by atoms with Crippen molar-refractivity contribution in [1.82, 2.24) is 15.2 Å². The lowest BCUT2D eigenvalue weighted by Gasteiger charge is -2.06. The molecule has 0 saturated heterocycles. The third-order valence-corrected chi connectivity index (χ3v) is 3.27. The Morgan fingerprint density at radius 1 is 1.32 bits per heavy atom. The zero-order valence-electron chi connectivity index (χ0n) is 11.6. The Bertz CT molecular complexity index is 560. The highest BCUT2D eigenvalue weighted by Crippen LogP contribution is 2.18. The number of aromatic nitrogens is 1. The molecule has 102 valence electrons. The summed E-state index contributed by atoms with van der Waals surface area (Å²) in [6.45, 7) is 4.70. The highest BCUT2D eigenvalue weighted by Gasteiger charge is 2.04. The lowest BCUT2D eigenvalue weighted by molar-refractivity contribution is -0.120. The molecule has 2 aromatic rings. The van der Waals surface area contributed by atoms with Crippen molar-refractivity contribution < 1.29 is 4.79 Å². The molecule has 0 aliphatic rings. The van der Waals surface area contributed by atoms with Crippen molar-refractivity contribution >= 4 is 16.8 Å². The third-order valence-electron chi connectivity index (χ3n) is 3.27. The normalized spacial score (nSPS) is 10.8. The lowest BCUT2D eigenvalue weighted by atomic mass is 10.1. The smallest absolute Gasteiger partial charge is 0.221 e. The molecule has 0 unspecified atom stereocenters. The largest absolute Gasteiger partial charge is 0.359 e. The fraction of sp³-hybridized carbons (Fsp3) is 0.400. The number of hydrogen-bond acceptors (Lipinski definition) is 2. The van der Waals surface area contributed by atoms with E-state index in [1.807, 2.05) is 6.20 Å². The summed E-state index contributed by atoms with van der Waals surface area (Å²) in [4.78, 5) is 11.3. The van der Waals surface area contributed by atoms with E-state index >= 15 is 0 Å². The van der Waals surface area contributed by atoms with Crippen molar-refractivity contribution in [3.63, 3.8) is 0 Å². The molecule has 4 nitrogen and oxygen atoms in total. The van der Waals surface area contributed by atoms with Gasteiger partial charge in [0.1, 0.15) is 0 Å². The topological polar surface area (TPSA) is 46.1 Å². The highest BCUT2D eigenvalue weighted by atomic mass is 16.1. The van der Waals surface area contributed by atoms with Crippen LogP contribution in [0.1, 0.15) is 18.9 Å². The average Bonchev–Trinajstić information content (AvgIpc) is 2.84. The van der Waals surface area contributed by atoms with Crippen LogP contribution in [0.2, 0.25) is 0 Å². The number of aryl methyl sites for hydroxylation is 1. The third kappa shape index (κ3) is 3.35. The summed E-state index contributed by atoms with van der Waals surface area (Å²) in [6, 6.07) is 8.58. The van der Waals surface area contributed by atoms with Gasteiger partial charge in [-0.15, -0.1) is 0 Å². The number of carbonyl (C=O) groups excluding carboxylic acids is 1. The Hall–Kier alpha value is -1.81. The van der Waals surface area contributed by atoms with Crippen molar-refractivity contribution in [3.05, 3.63) is 36.0 Å². The first kappa shape index (κ1) is 13.6. The van der Waals surface area contributed by atoms with E-state index in [9.17, 15) is 4.79 Å². The first-order valence-electron chi connectivity index (χ1n) is 6.73. The first-order valence-corrected chi connectivity index (χ1v) is 6.73. The van der Waals surface area contributed by atoms with E-state index in [4.69, 9.17) is 0 Å². The minimum atomic E-state index is 0.0746. The minimum Gasteiger partial charge on any atom is -0.359 e.